The molecule has 1 aliphatic rings. The first-order chi connectivity index (χ1) is 17.8. The number of anilines is 4. The Hall–Kier alpha value is -4.46. The van der Waals surface area contributed by atoms with Gasteiger partial charge in [0.05, 0.1) is 6.21 Å². The predicted molar refractivity (Wildman–Crippen MR) is 144 cm³/mol. The van der Waals surface area contributed by atoms with Gasteiger partial charge in [-0.15, -0.1) is 0 Å². The van der Waals surface area contributed by atoms with Gasteiger partial charge >= 0.3 is 0 Å². The van der Waals surface area contributed by atoms with E-state index in [0.29, 0.717) is 24.5 Å². The van der Waals surface area contributed by atoms with E-state index in [-0.39, 0.29) is 0 Å². The molecule has 1 aromatic heterocycles. The minimum atomic E-state index is 0.386. The zero-order chi connectivity index (χ0) is 24.4. The van der Waals surface area contributed by atoms with Crippen molar-refractivity contribution in [1.82, 2.24) is 15.0 Å². The third-order valence-electron chi connectivity index (χ3n) is 5.78. The van der Waals surface area contributed by atoms with E-state index in [0.717, 1.165) is 48.5 Å². The van der Waals surface area contributed by atoms with Crippen molar-refractivity contribution in [3.63, 3.8) is 0 Å². The van der Waals surface area contributed by atoms with Crippen LogP contribution in [0.15, 0.2) is 90.0 Å². The molecule has 8 nitrogen and oxygen atoms in total. The molecule has 0 amide bonds. The van der Waals surface area contributed by atoms with Crippen LogP contribution in [0.5, 0.6) is 5.75 Å². The smallest absolute Gasteiger partial charge is 0.250 e. The van der Waals surface area contributed by atoms with Crippen molar-refractivity contribution in [1.29, 1.82) is 0 Å². The number of nitrogens with zero attached hydrogens (tertiary/aromatic N) is 5. The molecule has 1 fully saturated rings. The van der Waals surface area contributed by atoms with E-state index in [9.17, 15) is 0 Å². The number of para-hydroxylation sites is 1. The molecule has 0 aliphatic carbocycles. The van der Waals surface area contributed by atoms with Gasteiger partial charge in [-0.2, -0.15) is 20.1 Å². The standard InChI is InChI=1S/C28H29N7O/c1-4-11-22(12-5-1)21-36-25-16-10-13-23(19-25)20-29-34-27-31-26(30-24-14-6-2-7-15-24)32-28(33-27)35-17-8-3-9-18-35/h1-2,4-7,10-16,19-20H,3,8-9,17-18,21H2,(H2,30,31,32,33,34)/b29-20+. The molecule has 182 valence electrons. The molecule has 0 saturated carbocycles. The number of piperidine rings is 1. The van der Waals surface area contributed by atoms with E-state index in [4.69, 9.17) is 4.74 Å². The van der Waals surface area contributed by atoms with Crippen molar-refractivity contribution in [2.75, 3.05) is 28.7 Å². The predicted octanol–water partition coefficient (Wildman–Crippen LogP) is 5.63. The first-order valence-corrected chi connectivity index (χ1v) is 12.2. The fourth-order valence-corrected chi connectivity index (χ4v) is 3.95. The van der Waals surface area contributed by atoms with Crippen LogP contribution in [0.3, 0.4) is 0 Å². The lowest BCUT2D eigenvalue weighted by molar-refractivity contribution is 0.306. The molecule has 0 unspecified atom stereocenters. The van der Waals surface area contributed by atoms with Gasteiger partial charge in [0.25, 0.3) is 0 Å². The number of nitrogens with one attached hydrogen (secondary N) is 2. The summed E-state index contributed by atoms with van der Waals surface area (Å²) in [6.07, 6.45) is 5.23. The second kappa shape index (κ2) is 11.8. The number of benzene rings is 3. The SMILES string of the molecule is C(=N\Nc1nc(Nc2ccccc2)nc(N2CCCCC2)n1)/c1cccc(OCc2ccccc2)c1. The molecule has 36 heavy (non-hydrogen) atoms. The maximum absolute atomic E-state index is 5.92. The highest BCUT2D eigenvalue weighted by Gasteiger charge is 2.16. The monoisotopic (exact) mass is 479 g/mol. The van der Waals surface area contributed by atoms with Gasteiger partial charge in [-0.25, -0.2) is 5.43 Å². The molecule has 0 bridgehead atoms. The molecule has 1 saturated heterocycles. The van der Waals surface area contributed by atoms with E-state index >= 15 is 0 Å². The highest BCUT2D eigenvalue weighted by molar-refractivity contribution is 5.80. The zero-order valence-electron chi connectivity index (χ0n) is 20.0. The summed E-state index contributed by atoms with van der Waals surface area (Å²) in [6.45, 7) is 2.39. The molecule has 2 N–H and O–H groups in total. The Labute approximate surface area is 211 Å². The fourth-order valence-electron chi connectivity index (χ4n) is 3.95. The van der Waals surface area contributed by atoms with Crippen LogP contribution < -0.4 is 20.4 Å². The van der Waals surface area contributed by atoms with Gasteiger partial charge in [-0.3, -0.25) is 0 Å². The minimum absolute atomic E-state index is 0.386. The largest absolute Gasteiger partial charge is 0.489 e. The number of rotatable bonds is 9. The fraction of sp³-hybridized carbons (Fsp3) is 0.214. The van der Waals surface area contributed by atoms with Crippen LogP contribution in [0.4, 0.5) is 23.5 Å². The first kappa shape index (κ1) is 23.3. The molecule has 0 atom stereocenters. The van der Waals surface area contributed by atoms with E-state index in [1.54, 1.807) is 6.21 Å². The van der Waals surface area contributed by atoms with E-state index in [1.165, 1.54) is 6.42 Å². The summed E-state index contributed by atoms with van der Waals surface area (Å²) in [4.78, 5) is 16.0. The second-order valence-corrected chi connectivity index (χ2v) is 8.54. The summed E-state index contributed by atoms with van der Waals surface area (Å²) in [6, 6.07) is 27.8. The molecular formula is C28H29N7O. The Morgan fingerprint density at radius 3 is 2.36 bits per heavy atom. The Morgan fingerprint density at radius 1 is 0.806 bits per heavy atom. The van der Waals surface area contributed by atoms with Crippen molar-refractivity contribution in [3.8, 4) is 5.75 Å². The van der Waals surface area contributed by atoms with Gasteiger partial charge in [0.2, 0.25) is 17.8 Å². The Kier molecular flexibility index (Phi) is 7.63. The quantitative estimate of drug-likeness (QED) is 0.238. The third kappa shape index (κ3) is 6.56. The van der Waals surface area contributed by atoms with E-state index in [2.05, 4.69) is 35.7 Å². The summed E-state index contributed by atoms with van der Waals surface area (Å²) < 4.78 is 5.92. The molecule has 4 aromatic rings. The Morgan fingerprint density at radius 2 is 1.56 bits per heavy atom. The molecule has 2 heterocycles. The number of aromatic nitrogens is 3. The Balaban J connectivity index is 1.28. The lowest BCUT2D eigenvalue weighted by atomic mass is 10.1. The van der Waals surface area contributed by atoms with Crippen molar-refractivity contribution in [2.45, 2.75) is 25.9 Å². The maximum atomic E-state index is 5.92. The summed E-state index contributed by atoms with van der Waals surface area (Å²) in [5.74, 6) is 2.30. The Bertz CT molecular complexity index is 1280. The van der Waals surface area contributed by atoms with E-state index < -0.39 is 0 Å². The van der Waals surface area contributed by atoms with Gasteiger partial charge in [-0.1, -0.05) is 60.7 Å². The minimum Gasteiger partial charge on any atom is -0.489 e. The second-order valence-electron chi connectivity index (χ2n) is 8.54. The van der Waals surface area contributed by atoms with Crippen LogP contribution in [0.1, 0.15) is 30.4 Å². The van der Waals surface area contributed by atoms with Crippen molar-refractivity contribution in [2.24, 2.45) is 5.10 Å². The van der Waals surface area contributed by atoms with Crippen LogP contribution in [0.2, 0.25) is 0 Å². The average Bonchev–Trinajstić information content (AvgIpc) is 2.94. The van der Waals surface area contributed by atoms with Gasteiger partial charge in [0.15, 0.2) is 0 Å². The normalized spacial score (nSPS) is 13.5. The number of hydrogen-bond donors (Lipinski definition) is 2. The molecule has 8 heteroatoms. The van der Waals surface area contributed by atoms with Gasteiger partial charge in [-0.05, 0) is 54.7 Å². The van der Waals surface area contributed by atoms with Crippen LogP contribution in [0.25, 0.3) is 0 Å². The lowest BCUT2D eigenvalue weighted by Gasteiger charge is -2.26. The lowest BCUT2D eigenvalue weighted by Crippen LogP contribution is -2.31. The molecule has 0 radical (unpaired) electrons. The van der Waals surface area contributed by atoms with Crippen molar-refractivity contribution in [3.05, 3.63) is 96.1 Å². The summed E-state index contributed by atoms with van der Waals surface area (Å²) in [5.41, 5.74) is 5.91. The highest BCUT2D eigenvalue weighted by atomic mass is 16.5. The molecular weight excluding hydrogens is 450 g/mol. The number of hydrogen-bond acceptors (Lipinski definition) is 8. The topological polar surface area (TPSA) is 87.6 Å². The molecule has 1 aliphatic heterocycles. The van der Waals surface area contributed by atoms with Gasteiger partial charge in [0, 0.05) is 18.8 Å². The molecule has 5 rings (SSSR count). The van der Waals surface area contributed by atoms with Crippen LogP contribution in [-0.4, -0.2) is 34.3 Å². The van der Waals surface area contributed by atoms with E-state index in [1.807, 2.05) is 84.9 Å². The molecule has 3 aromatic carbocycles. The summed E-state index contributed by atoms with van der Waals surface area (Å²) in [7, 11) is 0. The summed E-state index contributed by atoms with van der Waals surface area (Å²) >= 11 is 0. The number of hydrazone groups is 1. The average molecular weight is 480 g/mol. The number of ether oxygens (including phenoxy) is 1. The van der Waals surface area contributed by atoms with Gasteiger partial charge < -0.3 is 15.0 Å². The summed E-state index contributed by atoms with van der Waals surface area (Å²) in [5, 5.41) is 7.65. The first-order valence-electron chi connectivity index (χ1n) is 12.2. The van der Waals surface area contributed by atoms with Crippen LogP contribution >= 0.6 is 0 Å². The van der Waals surface area contributed by atoms with Crippen molar-refractivity contribution < 1.29 is 4.74 Å². The zero-order valence-corrected chi connectivity index (χ0v) is 20.0. The maximum Gasteiger partial charge on any atom is 0.250 e. The third-order valence-corrected chi connectivity index (χ3v) is 5.78. The highest BCUT2D eigenvalue weighted by Crippen LogP contribution is 2.21. The van der Waals surface area contributed by atoms with Crippen LogP contribution in [-0.2, 0) is 6.61 Å². The van der Waals surface area contributed by atoms with Gasteiger partial charge in [0.1, 0.15) is 12.4 Å². The molecule has 0 spiro atoms. The van der Waals surface area contributed by atoms with Crippen LogP contribution in [0, 0.1) is 0 Å². The van der Waals surface area contributed by atoms with Crippen molar-refractivity contribution >= 4 is 29.7 Å².